The summed E-state index contributed by atoms with van der Waals surface area (Å²) in [6, 6.07) is 5.02. The zero-order valence-electron chi connectivity index (χ0n) is 11.7. The number of aliphatic hydroxyl groups is 1. The van der Waals surface area contributed by atoms with Crippen molar-refractivity contribution in [1.82, 2.24) is 5.32 Å². The van der Waals surface area contributed by atoms with Crippen LogP contribution in [0.4, 0.5) is 16.2 Å². The lowest BCUT2D eigenvalue weighted by Gasteiger charge is -2.25. The maximum atomic E-state index is 11.6. The predicted octanol–water partition coefficient (Wildman–Crippen LogP) is 2.12. The summed E-state index contributed by atoms with van der Waals surface area (Å²) in [5, 5.41) is 25.3. The zero-order chi connectivity index (χ0) is 15.3. The fourth-order valence-electron chi connectivity index (χ4n) is 1.34. The van der Waals surface area contributed by atoms with Crippen molar-refractivity contribution in [3.05, 3.63) is 34.4 Å². The molecule has 0 saturated carbocycles. The molecule has 2 amide bonds. The van der Waals surface area contributed by atoms with Crippen LogP contribution < -0.4 is 10.6 Å². The number of amides is 2. The van der Waals surface area contributed by atoms with Gasteiger partial charge >= 0.3 is 6.03 Å². The number of anilines is 1. The second-order valence-electron chi connectivity index (χ2n) is 5.52. The summed E-state index contributed by atoms with van der Waals surface area (Å²) in [5.41, 5.74) is 0.0816. The first-order valence-electron chi connectivity index (χ1n) is 6.17. The minimum absolute atomic E-state index is 0.0425. The number of nitro benzene ring substituents is 1. The molecule has 0 aliphatic carbocycles. The van der Waals surface area contributed by atoms with Gasteiger partial charge in [0.15, 0.2) is 0 Å². The van der Waals surface area contributed by atoms with E-state index >= 15 is 0 Å². The van der Waals surface area contributed by atoms with Crippen LogP contribution in [-0.4, -0.2) is 28.7 Å². The molecule has 3 N–H and O–H groups in total. The number of nitro groups is 1. The van der Waals surface area contributed by atoms with E-state index in [2.05, 4.69) is 10.6 Å². The van der Waals surface area contributed by atoms with Crippen LogP contribution in [0.3, 0.4) is 0 Å². The van der Waals surface area contributed by atoms with Crippen molar-refractivity contribution in [2.24, 2.45) is 5.41 Å². The highest BCUT2D eigenvalue weighted by Gasteiger charge is 2.22. The molecular weight excluding hydrogens is 262 g/mol. The number of urea groups is 1. The summed E-state index contributed by atoms with van der Waals surface area (Å²) in [7, 11) is 0. The number of rotatable bonds is 4. The maximum Gasteiger partial charge on any atom is 0.319 e. The Labute approximate surface area is 117 Å². The summed E-state index contributed by atoms with van der Waals surface area (Å²) < 4.78 is 0. The number of carbonyl (C=O) groups is 1. The van der Waals surface area contributed by atoms with Gasteiger partial charge in [0.25, 0.3) is 5.69 Å². The molecule has 0 bridgehead atoms. The van der Waals surface area contributed by atoms with Crippen LogP contribution in [0, 0.1) is 15.5 Å². The zero-order valence-corrected chi connectivity index (χ0v) is 11.7. The van der Waals surface area contributed by atoms with Crippen molar-refractivity contribution in [3.63, 3.8) is 0 Å². The average molecular weight is 281 g/mol. The van der Waals surface area contributed by atoms with E-state index in [1.807, 2.05) is 20.8 Å². The molecule has 1 rings (SSSR count). The van der Waals surface area contributed by atoms with Crippen molar-refractivity contribution in [2.75, 3.05) is 11.9 Å². The molecule has 0 saturated heterocycles. The molecule has 1 aromatic carbocycles. The van der Waals surface area contributed by atoms with Gasteiger partial charge in [0.1, 0.15) is 0 Å². The van der Waals surface area contributed by atoms with Crippen molar-refractivity contribution in [2.45, 2.75) is 26.9 Å². The first-order chi connectivity index (χ1) is 9.20. The molecule has 0 aromatic heterocycles. The Bertz CT molecular complexity index is 479. The van der Waals surface area contributed by atoms with Crippen molar-refractivity contribution in [3.8, 4) is 0 Å². The molecule has 0 fully saturated rings. The van der Waals surface area contributed by atoms with Crippen LogP contribution in [0.5, 0.6) is 0 Å². The van der Waals surface area contributed by atoms with E-state index in [9.17, 15) is 20.0 Å². The fraction of sp³-hybridized carbons (Fsp3) is 0.462. The second kappa shape index (κ2) is 6.33. The highest BCUT2D eigenvalue weighted by atomic mass is 16.6. The minimum atomic E-state index is -0.662. The number of aliphatic hydroxyl groups excluding tert-OH is 1. The molecule has 0 aliphatic heterocycles. The van der Waals surface area contributed by atoms with Crippen LogP contribution in [0.15, 0.2) is 24.3 Å². The molecule has 1 unspecified atom stereocenters. The highest BCUT2D eigenvalue weighted by Crippen LogP contribution is 2.18. The summed E-state index contributed by atoms with van der Waals surface area (Å²) in [6.45, 7) is 5.73. The van der Waals surface area contributed by atoms with E-state index in [0.29, 0.717) is 5.69 Å². The fourth-order valence-corrected chi connectivity index (χ4v) is 1.34. The van der Waals surface area contributed by atoms with Gasteiger partial charge in [0.05, 0.1) is 11.0 Å². The number of carbonyl (C=O) groups excluding carboxylic acids is 1. The number of hydrogen-bond donors (Lipinski definition) is 3. The van der Waals surface area contributed by atoms with Gasteiger partial charge in [-0.2, -0.15) is 0 Å². The van der Waals surface area contributed by atoms with Gasteiger partial charge in [-0.15, -0.1) is 0 Å². The molecule has 110 valence electrons. The number of hydrogen-bond acceptors (Lipinski definition) is 4. The van der Waals surface area contributed by atoms with Crippen LogP contribution in [0.25, 0.3) is 0 Å². The third-order valence-electron chi connectivity index (χ3n) is 2.79. The molecule has 0 radical (unpaired) electrons. The summed E-state index contributed by atoms with van der Waals surface area (Å²) >= 11 is 0. The number of non-ortho nitro benzene ring substituents is 1. The number of nitrogens with zero attached hydrogens (tertiary/aromatic N) is 1. The molecule has 0 heterocycles. The van der Waals surface area contributed by atoms with Gasteiger partial charge in [0, 0.05) is 24.4 Å². The number of nitrogens with one attached hydrogen (secondary N) is 2. The van der Waals surface area contributed by atoms with E-state index < -0.39 is 17.1 Å². The lowest BCUT2D eigenvalue weighted by molar-refractivity contribution is -0.384. The van der Waals surface area contributed by atoms with Crippen LogP contribution in [0.2, 0.25) is 0 Å². The third-order valence-corrected chi connectivity index (χ3v) is 2.79. The average Bonchev–Trinajstić information content (AvgIpc) is 2.35. The monoisotopic (exact) mass is 281 g/mol. The number of benzene rings is 1. The molecular formula is C13H19N3O4. The smallest absolute Gasteiger partial charge is 0.319 e. The Hall–Kier alpha value is -2.15. The Morgan fingerprint density at radius 3 is 2.35 bits per heavy atom. The quantitative estimate of drug-likeness (QED) is 0.580. The Morgan fingerprint density at radius 1 is 1.35 bits per heavy atom. The Morgan fingerprint density at radius 2 is 1.90 bits per heavy atom. The normalized spacial score (nSPS) is 12.6. The van der Waals surface area contributed by atoms with E-state index in [0.717, 1.165) is 0 Å². The summed E-state index contributed by atoms with van der Waals surface area (Å²) in [6.07, 6.45) is -0.662. The molecule has 7 nitrogen and oxygen atoms in total. The lowest BCUT2D eigenvalue weighted by atomic mass is 9.89. The summed E-state index contributed by atoms with van der Waals surface area (Å²) in [4.78, 5) is 21.6. The first-order valence-corrected chi connectivity index (χ1v) is 6.17. The predicted molar refractivity (Wildman–Crippen MR) is 75.6 cm³/mol. The van der Waals surface area contributed by atoms with E-state index in [1.54, 1.807) is 0 Å². The largest absolute Gasteiger partial charge is 0.391 e. The lowest BCUT2D eigenvalue weighted by Crippen LogP contribution is -2.40. The summed E-state index contributed by atoms with van der Waals surface area (Å²) in [5.74, 6) is 0. The van der Waals surface area contributed by atoms with Gasteiger partial charge in [-0.3, -0.25) is 10.1 Å². The molecule has 1 atom stereocenters. The van der Waals surface area contributed by atoms with Gasteiger partial charge < -0.3 is 15.7 Å². The SMILES string of the molecule is CC(C)(C)C(O)CNC(=O)Nc1ccc([N+](=O)[O-])cc1. The third kappa shape index (κ3) is 4.85. The van der Waals surface area contributed by atoms with Crippen molar-refractivity contribution in [1.29, 1.82) is 0 Å². The van der Waals surface area contributed by atoms with Crippen LogP contribution in [0.1, 0.15) is 20.8 Å². The van der Waals surface area contributed by atoms with Gasteiger partial charge in [-0.05, 0) is 17.5 Å². The molecule has 7 heteroatoms. The Balaban J connectivity index is 2.48. The van der Waals surface area contributed by atoms with Gasteiger partial charge in [-0.25, -0.2) is 4.79 Å². The van der Waals surface area contributed by atoms with Crippen molar-refractivity contribution >= 4 is 17.4 Å². The molecule has 1 aromatic rings. The minimum Gasteiger partial charge on any atom is -0.391 e. The first kappa shape index (κ1) is 15.9. The van der Waals surface area contributed by atoms with Gasteiger partial charge in [0.2, 0.25) is 0 Å². The highest BCUT2D eigenvalue weighted by molar-refractivity contribution is 5.89. The van der Waals surface area contributed by atoms with Crippen LogP contribution in [-0.2, 0) is 0 Å². The van der Waals surface area contributed by atoms with Crippen molar-refractivity contribution < 1.29 is 14.8 Å². The maximum absolute atomic E-state index is 11.6. The second-order valence-corrected chi connectivity index (χ2v) is 5.52. The standard InChI is InChI=1S/C13H19N3O4/c1-13(2,3)11(17)8-14-12(18)15-9-4-6-10(7-5-9)16(19)20/h4-7,11,17H,8H2,1-3H3,(H2,14,15,18). The van der Waals surface area contributed by atoms with E-state index in [1.165, 1.54) is 24.3 Å². The topological polar surface area (TPSA) is 104 Å². The molecule has 20 heavy (non-hydrogen) atoms. The Kier molecular flexibility index (Phi) is 5.04. The molecule has 0 aliphatic rings. The van der Waals surface area contributed by atoms with E-state index in [-0.39, 0.29) is 17.6 Å². The molecule has 0 spiro atoms. The van der Waals surface area contributed by atoms with Crippen LogP contribution >= 0.6 is 0 Å². The van der Waals surface area contributed by atoms with Gasteiger partial charge in [-0.1, -0.05) is 20.8 Å². The van der Waals surface area contributed by atoms with E-state index in [4.69, 9.17) is 0 Å².